The number of carbonyl (C=O) groups is 2. The molecule has 0 fully saturated rings. The molecular weight excluding hydrogens is 314 g/mol. The maximum atomic E-state index is 12.5. The fourth-order valence-electron chi connectivity index (χ4n) is 2.36. The van der Waals surface area contributed by atoms with Gasteiger partial charge in [-0.25, -0.2) is 0 Å². The summed E-state index contributed by atoms with van der Waals surface area (Å²) in [6.45, 7) is 4.24. The van der Waals surface area contributed by atoms with Crippen LogP contribution in [0.25, 0.3) is 0 Å². The van der Waals surface area contributed by atoms with Gasteiger partial charge in [0.1, 0.15) is 0 Å². The molecule has 0 unspecified atom stereocenters. The molecule has 0 aliphatic carbocycles. The second-order valence-electron chi connectivity index (χ2n) is 6.18. The van der Waals surface area contributed by atoms with Gasteiger partial charge >= 0.3 is 0 Å². The van der Waals surface area contributed by atoms with Crippen LogP contribution >= 0.6 is 0 Å². The molecule has 5 heteroatoms. The fourth-order valence-corrected chi connectivity index (χ4v) is 2.36. The summed E-state index contributed by atoms with van der Waals surface area (Å²) in [5.41, 5.74) is 2.59. The molecule has 0 atom stereocenters. The van der Waals surface area contributed by atoms with Crippen LogP contribution in [-0.4, -0.2) is 29.8 Å². The number of nitrogens with zero attached hydrogens (tertiary/aromatic N) is 2. The predicted molar refractivity (Wildman–Crippen MR) is 96.0 cm³/mol. The van der Waals surface area contributed by atoms with Gasteiger partial charge in [-0.05, 0) is 55.8 Å². The van der Waals surface area contributed by atoms with Crippen molar-refractivity contribution in [3.05, 3.63) is 70.8 Å². The largest absolute Gasteiger partial charge is 0.350 e. The zero-order valence-electron chi connectivity index (χ0n) is 14.6. The third-order valence-electron chi connectivity index (χ3n) is 3.66. The van der Waals surface area contributed by atoms with Crippen LogP contribution in [0.15, 0.2) is 48.5 Å². The van der Waals surface area contributed by atoms with E-state index in [1.807, 2.05) is 26.0 Å². The smallest absolute Gasteiger partial charge is 0.253 e. The Balaban J connectivity index is 2.03. The van der Waals surface area contributed by atoms with Crippen molar-refractivity contribution in [1.82, 2.24) is 10.2 Å². The van der Waals surface area contributed by atoms with Gasteiger partial charge in [0.2, 0.25) is 0 Å². The summed E-state index contributed by atoms with van der Waals surface area (Å²) >= 11 is 0. The van der Waals surface area contributed by atoms with E-state index in [0.29, 0.717) is 23.2 Å². The molecule has 0 heterocycles. The number of hydrogen-bond donors (Lipinski definition) is 1. The van der Waals surface area contributed by atoms with Gasteiger partial charge < -0.3 is 10.2 Å². The average molecular weight is 335 g/mol. The molecule has 2 rings (SSSR count). The highest BCUT2D eigenvalue weighted by molar-refractivity contribution is 5.97. The minimum atomic E-state index is -0.153. The molecule has 0 radical (unpaired) electrons. The number of benzene rings is 2. The van der Waals surface area contributed by atoms with E-state index in [4.69, 9.17) is 5.26 Å². The van der Waals surface area contributed by atoms with E-state index < -0.39 is 0 Å². The molecule has 2 amide bonds. The second-order valence-corrected chi connectivity index (χ2v) is 6.18. The Morgan fingerprint density at radius 3 is 2.12 bits per heavy atom. The van der Waals surface area contributed by atoms with E-state index >= 15 is 0 Å². The van der Waals surface area contributed by atoms with Gasteiger partial charge in [0.05, 0.1) is 11.6 Å². The number of rotatable bonds is 5. The van der Waals surface area contributed by atoms with Crippen LogP contribution in [0.4, 0.5) is 0 Å². The Hall–Kier alpha value is -3.13. The molecule has 2 aromatic rings. The highest BCUT2D eigenvalue weighted by Gasteiger charge is 2.13. The first-order chi connectivity index (χ1) is 11.9. The summed E-state index contributed by atoms with van der Waals surface area (Å²) in [6.07, 6.45) is 0. The van der Waals surface area contributed by atoms with Gasteiger partial charge in [0.15, 0.2) is 0 Å². The maximum absolute atomic E-state index is 12.5. The predicted octanol–water partition coefficient (Wildman–Crippen LogP) is 2.97. The molecule has 5 nitrogen and oxygen atoms in total. The van der Waals surface area contributed by atoms with Crippen LogP contribution in [-0.2, 0) is 6.54 Å². The Kier molecular flexibility index (Phi) is 5.91. The first-order valence-corrected chi connectivity index (χ1v) is 8.06. The Bertz CT molecular complexity index is 787. The molecule has 25 heavy (non-hydrogen) atoms. The van der Waals surface area contributed by atoms with Crippen LogP contribution in [0.3, 0.4) is 0 Å². The van der Waals surface area contributed by atoms with E-state index in [-0.39, 0.29) is 17.9 Å². The molecule has 2 aromatic carbocycles. The van der Waals surface area contributed by atoms with Gasteiger partial charge in [-0.2, -0.15) is 5.26 Å². The average Bonchev–Trinajstić information content (AvgIpc) is 2.61. The summed E-state index contributed by atoms with van der Waals surface area (Å²) in [6, 6.07) is 15.9. The molecule has 1 N–H and O–H groups in total. The number of hydrogen-bond acceptors (Lipinski definition) is 3. The minimum absolute atomic E-state index is 0.0624. The molecule has 0 aliphatic rings. The summed E-state index contributed by atoms with van der Waals surface area (Å²) in [4.78, 5) is 26.0. The first-order valence-electron chi connectivity index (χ1n) is 8.06. The van der Waals surface area contributed by atoms with E-state index in [9.17, 15) is 9.59 Å². The van der Waals surface area contributed by atoms with Crippen molar-refractivity contribution < 1.29 is 9.59 Å². The number of amides is 2. The van der Waals surface area contributed by atoms with Crippen LogP contribution in [0.1, 0.15) is 45.7 Å². The van der Waals surface area contributed by atoms with Crippen LogP contribution in [0.5, 0.6) is 0 Å². The summed E-state index contributed by atoms with van der Waals surface area (Å²) in [7, 11) is 1.72. The van der Waals surface area contributed by atoms with Gasteiger partial charge in [-0.3, -0.25) is 9.59 Å². The molecular formula is C20H21N3O2. The van der Waals surface area contributed by atoms with E-state index in [1.54, 1.807) is 48.3 Å². The van der Waals surface area contributed by atoms with Crippen LogP contribution in [0, 0.1) is 11.3 Å². The number of nitrogens with one attached hydrogen (secondary N) is 1. The standard InChI is InChI=1S/C20H21N3O2/c1-14(2)22-19(24)17-8-10-18(11-9-17)20(25)23(3)13-16-6-4-15(12-21)5-7-16/h4-11,14H,13H2,1-3H3,(H,22,24). The molecule has 0 saturated heterocycles. The Morgan fingerprint density at radius 2 is 1.60 bits per heavy atom. The normalized spacial score (nSPS) is 10.2. The third kappa shape index (κ3) is 4.92. The lowest BCUT2D eigenvalue weighted by Gasteiger charge is -2.17. The molecule has 128 valence electrons. The van der Waals surface area contributed by atoms with Crippen LogP contribution < -0.4 is 5.32 Å². The highest BCUT2D eigenvalue weighted by atomic mass is 16.2. The SMILES string of the molecule is CC(C)NC(=O)c1ccc(C(=O)N(C)Cc2ccc(C#N)cc2)cc1. The van der Waals surface area contributed by atoms with Crippen molar-refractivity contribution in [2.75, 3.05) is 7.05 Å². The zero-order chi connectivity index (χ0) is 18.4. The second kappa shape index (κ2) is 8.11. The van der Waals surface area contributed by atoms with Crippen molar-refractivity contribution >= 4 is 11.8 Å². The maximum Gasteiger partial charge on any atom is 0.253 e. The van der Waals surface area contributed by atoms with Crippen molar-refractivity contribution in [2.24, 2.45) is 0 Å². The van der Waals surface area contributed by atoms with Crippen molar-refractivity contribution in [1.29, 1.82) is 5.26 Å². The Morgan fingerprint density at radius 1 is 1.04 bits per heavy atom. The van der Waals surface area contributed by atoms with E-state index in [0.717, 1.165) is 5.56 Å². The zero-order valence-corrected chi connectivity index (χ0v) is 14.6. The van der Waals surface area contributed by atoms with Gasteiger partial charge in [-0.15, -0.1) is 0 Å². The number of carbonyl (C=O) groups excluding carboxylic acids is 2. The number of nitriles is 1. The van der Waals surface area contributed by atoms with Crippen molar-refractivity contribution in [3.63, 3.8) is 0 Å². The summed E-state index contributed by atoms with van der Waals surface area (Å²) < 4.78 is 0. The lowest BCUT2D eigenvalue weighted by molar-refractivity contribution is 0.0784. The van der Waals surface area contributed by atoms with Crippen molar-refractivity contribution in [2.45, 2.75) is 26.4 Å². The van der Waals surface area contributed by atoms with Gasteiger partial charge in [0.25, 0.3) is 11.8 Å². The topological polar surface area (TPSA) is 73.2 Å². The quantitative estimate of drug-likeness (QED) is 0.913. The molecule has 0 aromatic heterocycles. The molecule has 0 saturated carbocycles. The van der Waals surface area contributed by atoms with Gasteiger partial charge in [0, 0.05) is 30.8 Å². The summed E-state index contributed by atoms with van der Waals surface area (Å²) in [5, 5.41) is 11.6. The first kappa shape index (κ1) is 18.2. The molecule has 0 bridgehead atoms. The minimum Gasteiger partial charge on any atom is -0.350 e. The monoisotopic (exact) mass is 335 g/mol. The fraction of sp³-hybridized carbons (Fsp3) is 0.250. The van der Waals surface area contributed by atoms with E-state index in [2.05, 4.69) is 11.4 Å². The third-order valence-corrected chi connectivity index (χ3v) is 3.66. The van der Waals surface area contributed by atoms with Crippen molar-refractivity contribution in [3.8, 4) is 6.07 Å². The highest BCUT2D eigenvalue weighted by Crippen LogP contribution is 2.11. The lowest BCUT2D eigenvalue weighted by Crippen LogP contribution is -2.30. The molecule has 0 aliphatic heterocycles. The van der Waals surface area contributed by atoms with Gasteiger partial charge in [-0.1, -0.05) is 12.1 Å². The summed E-state index contributed by atoms with van der Waals surface area (Å²) in [5.74, 6) is -0.278. The van der Waals surface area contributed by atoms with E-state index in [1.165, 1.54) is 0 Å². The lowest BCUT2D eigenvalue weighted by atomic mass is 10.1. The molecule has 0 spiro atoms. The van der Waals surface area contributed by atoms with Crippen LogP contribution in [0.2, 0.25) is 0 Å². The Labute approximate surface area is 147 Å².